The third-order valence-electron chi connectivity index (χ3n) is 10.0. The van der Waals surface area contributed by atoms with E-state index in [0.717, 1.165) is 38.5 Å². The van der Waals surface area contributed by atoms with Gasteiger partial charge < -0.3 is 10.2 Å². The van der Waals surface area contributed by atoms with Crippen LogP contribution in [0.5, 0.6) is 0 Å². The summed E-state index contributed by atoms with van der Waals surface area (Å²) in [5.41, 5.74) is 2.81. The number of carboxylic acid groups (broad SMARTS) is 2. The zero-order valence-corrected chi connectivity index (χ0v) is 19.9. The molecule has 2 saturated carbocycles. The molecule has 7 atom stereocenters. The van der Waals surface area contributed by atoms with Gasteiger partial charge in [0.2, 0.25) is 0 Å². The van der Waals surface area contributed by atoms with Gasteiger partial charge in [-0.15, -0.1) is 0 Å². The van der Waals surface area contributed by atoms with E-state index in [2.05, 4.69) is 33.8 Å². The first-order valence-electron chi connectivity index (χ1n) is 12.4. The number of carbonyl (C=O) groups excluding carboxylic acids is 1. The number of rotatable bonds is 6. The summed E-state index contributed by atoms with van der Waals surface area (Å²) >= 11 is 0. The Morgan fingerprint density at radius 3 is 2.41 bits per heavy atom. The molecule has 0 amide bonds. The number of ketones is 1. The van der Waals surface area contributed by atoms with E-state index in [9.17, 15) is 24.6 Å². The van der Waals surface area contributed by atoms with Gasteiger partial charge in [-0.25, -0.2) is 0 Å². The van der Waals surface area contributed by atoms with Crippen LogP contribution in [0.4, 0.5) is 0 Å². The van der Waals surface area contributed by atoms with Crippen molar-refractivity contribution in [1.29, 1.82) is 0 Å². The number of hydrogen-bond donors (Lipinski definition) is 2. The normalized spacial score (nSPS) is 39.5. The lowest BCUT2D eigenvalue weighted by molar-refractivity contribution is -0.155. The van der Waals surface area contributed by atoms with Crippen LogP contribution in [0, 0.1) is 46.3 Å². The van der Waals surface area contributed by atoms with Crippen LogP contribution in [-0.2, 0) is 14.4 Å². The molecule has 176 valence electrons. The number of allylic oxidation sites excluding steroid dienone is 4. The third kappa shape index (κ3) is 3.47. The van der Waals surface area contributed by atoms with E-state index in [1.54, 1.807) is 0 Å². The molecule has 0 aromatic heterocycles. The Labute approximate surface area is 191 Å². The van der Waals surface area contributed by atoms with Crippen LogP contribution < -0.4 is 0 Å². The van der Waals surface area contributed by atoms with Gasteiger partial charge in [0.1, 0.15) is 0 Å². The van der Waals surface area contributed by atoms with Crippen LogP contribution in [0.2, 0.25) is 0 Å². The summed E-state index contributed by atoms with van der Waals surface area (Å²) in [5, 5.41) is 18.8. The number of carboxylic acids is 2. The van der Waals surface area contributed by atoms with Gasteiger partial charge in [0.05, 0.1) is 0 Å². The molecule has 4 rings (SSSR count). The maximum absolute atomic E-state index is 12.2. The fourth-order valence-corrected chi connectivity index (χ4v) is 8.38. The topological polar surface area (TPSA) is 91.7 Å². The first kappa shape index (κ1) is 23.3. The third-order valence-corrected chi connectivity index (χ3v) is 10.0. The molecular formula is C27H38O5. The number of carbonyl (C=O) groups is 3. The molecule has 5 heteroatoms. The number of aliphatic carboxylic acids is 2. The van der Waals surface area contributed by atoms with Gasteiger partial charge in [0, 0.05) is 6.42 Å². The molecule has 0 spiro atoms. The van der Waals surface area contributed by atoms with Crippen molar-refractivity contribution < 1.29 is 24.6 Å². The second-order valence-corrected chi connectivity index (χ2v) is 11.4. The van der Waals surface area contributed by atoms with E-state index in [4.69, 9.17) is 0 Å². The minimum absolute atomic E-state index is 0.0651. The molecule has 4 unspecified atom stereocenters. The molecule has 0 bridgehead atoms. The van der Waals surface area contributed by atoms with Gasteiger partial charge in [-0.05, 0) is 103 Å². The highest BCUT2D eigenvalue weighted by Gasteiger charge is 2.59. The minimum Gasteiger partial charge on any atom is -0.481 e. The standard InChI is InChI=1S/C27H38O5/c1-5-16-13-18-21-7-6-20(15(2)12-19(24(29)30)25(31)32)26(21,3)11-9-22(18)27(4)10-8-17(28)14-23(16)27/h13-15,18-22H,5-12H2,1-4H3,(H,29,30)(H,31,32)/t15-,18?,20?,21?,22?,26-,27-/m1/s1. The SMILES string of the molecule is CCC1=CC2C3CCC([C@H](C)CC(C(=O)O)C(=O)O)[C@@]3(C)CCC2[C@@]2(C)CCC(=O)C=C12. The first-order chi connectivity index (χ1) is 15.0. The highest BCUT2D eigenvalue weighted by atomic mass is 16.4. The van der Waals surface area contributed by atoms with Crippen molar-refractivity contribution in [2.45, 2.75) is 79.1 Å². The summed E-state index contributed by atoms with van der Waals surface area (Å²) in [6.07, 6.45) is 11.6. The maximum atomic E-state index is 12.2. The Kier molecular flexibility index (Phi) is 5.92. The molecule has 4 aliphatic rings. The maximum Gasteiger partial charge on any atom is 0.317 e. The molecule has 32 heavy (non-hydrogen) atoms. The van der Waals surface area contributed by atoms with Crippen molar-refractivity contribution >= 4 is 17.7 Å². The van der Waals surface area contributed by atoms with E-state index < -0.39 is 17.9 Å². The molecule has 2 fully saturated rings. The van der Waals surface area contributed by atoms with Crippen molar-refractivity contribution in [3.8, 4) is 0 Å². The lowest BCUT2D eigenvalue weighted by Crippen LogP contribution is -2.50. The average Bonchev–Trinajstić information content (AvgIpc) is 3.09. The zero-order valence-electron chi connectivity index (χ0n) is 19.9. The van der Waals surface area contributed by atoms with Crippen LogP contribution in [0.3, 0.4) is 0 Å². The van der Waals surface area contributed by atoms with Crippen LogP contribution >= 0.6 is 0 Å². The smallest absolute Gasteiger partial charge is 0.317 e. The van der Waals surface area contributed by atoms with Crippen molar-refractivity contribution in [2.24, 2.45) is 46.3 Å². The van der Waals surface area contributed by atoms with Gasteiger partial charge >= 0.3 is 11.9 Å². The summed E-state index contributed by atoms with van der Waals surface area (Å²) in [6.45, 7) is 9.02. The van der Waals surface area contributed by atoms with Crippen LogP contribution in [0.15, 0.2) is 23.3 Å². The molecule has 5 nitrogen and oxygen atoms in total. The van der Waals surface area contributed by atoms with Crippen LogP contribution in [0.1, 0.15) is 79.1 Å². The zero-order chi connectivity index (χ0) is 23.4. The monoisotopic (exact) mass is 442 g/mol. The van der Waals surface area contributed by atoms with E-state index >= 15 is 0 Å². The van der Waals surface area contributed by atoms with Gasteiger partial charge in [0.25, 0.3) is 0 Å². The minimum atomic E-state index is -1.32. The lowest BCUT2D eigenvalue weighted by Gasteiger charge is -2.57. The van der Waals surface area contributed by atoms with Gasteiger partial charge in [-0.2, -0.15) is 0 Å². The summed E-state index contributed by atoms with van der Waals surface area (Å²) in [4.78, 5) is 35.2. The first-order valence-corrected chi connectivity index (χ1v) is 12.4. The van der Waals surface area contributed by atoms with Crippen molar-refractivity contribution in [3.63, 3.8) is 0 Å². The van der Waals surface area contributed by atoms with E-state index in [1.165, 1.54) is 11.1 Å². The lowest BCUT2D eigenvalue weighted by atomic mass is 9.47. The summed E-state index contributed by atoms with van der Waals surface area (Å²) in [7, 11) is 0. The van der Waals surface area contributed by atoms with E-state index in [0.29, 0.717) is 30.1 Å². The highest BCUT2D eigenvalue weighted by molar-refractivity contribution is 5.93. The molecule has 0 aromatic rings. The molecule has 2 N–H and O–H groups in total. The Bertz CT molecular complexity index is 870. The van der Waals surface area contributed by atoms with Crippen LogP contribution in [-0.4, -0.2) is 27.9 Å². The van der Waals surface area contributed by atoms with Crippen molar-refractivity contribution in [2.75, 3.05) is 0 Å². The molecule has 4 aliphatic carbocycles. The van der Waals surface area contributed by atoms with E-state index in [-0.39, 0.29) is 29.0 Å². The number of hydrogen-bond acceptors (Lipinski definition) is 3. The van der Waals surface area contributed by atoms with Crippen molar-refractivity contribution in [1.82, 2.24) is 0 Å². The van der Waals surface area contributed by atoms with Crippen LogP contribution in [0.25, 0.3) is 0 Å². The van der Waals surface area contributed by atoms with E-state index in [1.807, 2.05) is 6.08 Å². The van der Waals surface area contributed by atoms with Gasteiger partial charge in [-0.3, -0.25) is 14.4 Å². The highest BCUT2D eigenvalue weighted by Crippen LogP contribution is 2.67. The molecule has 0 radical (unpaired) electrons. The van der Waals surface area contributed by atoms with Gasteiger partial charge in [0.15, 0.2) is 11.7 Å². The Balaban J connectivity index is 1.64. The quantitative estimate of drug-likeness (QED) is 0.530. The molecule has 0 saturated heterocycles. The second kappa shape index (κ2) is 8.14. The average molecular weight is 443 g/mol. The predicted molar refractivity (Wildman–Crippen MR) is 122 cm³/mol. The molecule has 0 aliphatic heterocycles. The fourth-order valence-electron chi connectivity index (χ4n) is 8.38. The second-order valence-electron chi connectivity index (χ2n) is 11.4. The fraction of sp³-hybridized carbons (Fsp3) is 0.741. The van der Waals surface area contributed by atoms with Gasteiger partial charge in [-0.1, -0.05) is 33.8 Å². The predicted octanol–water partition coefficient (Wildman–Crippen LogP) is 5.50. The Morgan fingerprint density at radius 2 is 1.78 bits per heavy atom. The molecule has 0 aromatic carbocycles. The summed E-state index contributed by atoms with van der Waals surface area (Å²) < 4.78 is 0. The summed E-state index contributed by atoms with van der Waals surface area (Å²) in [6, 6.07) is 0. The number of fused-ring (bicyclic) bond motifs is 5. The largest absolute Gasteiger partial charge is 0.481 e. The Morgan fingerprint density at radius 1 is 1.09 bits per heavy atom. The van der Waals surface area contributed by atoms with Crippen molar-refractivity contribution in [3.05, 3.63) is 23.3 Å². The Hall–Kier alpha value is -1.91. The molecule has 0 heterocycles. The molecular weight excluding hydrogens is 404 g/mol. The summed E-state index contributed by atoms with van der Waals surface area (Å²) in [5.74, 6) is -1.51.